The highest BCUT2D eigenvalue weighted by Gasteiger charge is 2.28. The number of carbonyl (C=O) groups is 2. The molecule has 0 saturated heterocycles. The van der Waals surface area contributed by atoms with Gasteiger partial charge in [-0.3, -0.25) is 4.79 Å². The molecule has 19 heavy (non-hydrogen) atoms. The Balaban J connectivity index is 1.73. The summed E-state index contributed by atoms with van der Waals surface area (Å²) < 4.78 is 1.21. The van der Waals surface area contributed by atoms with Gasteiger partial charge in [-0.05, 0) is 25.7 Å². The second-order valence-electron chi connectivity index (χ2n) is 4.75. The molecule has 8 heteroatoms. The van der Waals surface area contributed by atoms with Crippen molar-refractivity contribution in [2.24, 2.45) is 5.92 Å². The van der Waals surface area contributed by atoms with Gasteiger partial charge in [0.25, 0.3) is 0 Å². The Morgan fingerprint density at radius 2 is 2.32 bits per heavy atom. The third-order valence-electron chi connectivity index (χ3n) is 3.00. The van der Waals surface area contributed by atoms with Gasteiger partial charge in [0.05, 0.1) is 12.7 Å². The Kier molecular flexibility index (Phi) is 3.98. The molecule has 1 aromatic heterocycles. The van der Waals surface area contributed by atoms with E-state index in [-0.39, 0.29) is 25.2 Å². The lowest BCUT2D eigenvalue weighted by Gasteiger charge is -2.12. The van der Waals surface area contributed by atoms with Gasteiger partial charge >= 0.3 is 12.0 Å². The fourth-order valence-electron chi connectivity index (χ4n) is 1.78. The summed E-state index contributed by atoms with van der Waals surface area (Å²) in [5.74, 6) is -0.386. The predicted molar refractivity (Wildman–Crippen MR) is 65.2 cm³/mol. The molecule has 1 aliphatic carbocycles. The van der Waals surface area contributed by atoms with E-state index in [1.54, 1.807) is 0 Å². The van der Waals surface area contributed by atoms with Crippen molar-refractivity contribution in [3.63, 3.8) is 0 Å². The van der Waals surface area contributed by atoms with Crippen LogP contribution in [0.25, 0.3) is 0 Å². The van der Waals surface area contributed by atoms with E-state index in [2.05, 4.69) is 20.9 Å². The van der Waals surface area contributed by atoms with E-state index in [1.165, 1.54) is 23.7 Å². The molecular formula is C11H17N5O3. The number of rotatable bonds is 6. The second kappa shape index (κ2) is 5.68. The summed E-state index contributed by atoms with van der Waals surface area (Å²) in [7, 11) is 0. The van der Waals surface area contributed by atoms with Crippen molar-refractivity contribution in [2.75, 3.05) is 0 Å². The van der Waals surface area contributed by atoms with Gasteiger partial charge in [-0.25, -0.2) is 9.48 Å². The number of aliphatic carboxylic acids is 1. The third kappa shape index (κ3) is 4.23. The van der Waals surface area contributed by atoms with Crippen molar-refractivity contribution >= 4 is 12.0 Å². The Morgan fingerprint density at radius 3 is 2.95 bits per heavy atom. The lowest BCUT2D eigenvalue weighted by atomic mass is 10.2. The van der Waals surface area contributed by atoms with E-state index in [9.17, 15) is 9.59 Å². The van der Waals surface area contributed by atoms with Crippen LogP contribution < -0.4 is 10.6 Å². The molecule has 2 rings (SSSR count). The largest absolute Gasteiger partial charge is 0.480 e. The molecule has 0 spiro atoms. The first-order valence-corrected chi connectivity index (χ1v) is 6.20. The summed E-state index contributed by atoms with van der Waals surface area (Å²) in [4.78, 5) is 22.0. The maximum Gasteiger partial charge on any atom is 0.325 e. The van der Waals surface area contributed by atoms with E-state index in [0.717, 1.165) is 0 Å². The van der Waals surface area contributed by atoms with E-state index < -0.39 is 5.97 Å². The number of hydrogen-bond acceptors (Lipinski definition) is 4. The fraction of sp³-hybridized carbons (Fsp3) is 0.636. The number of nitrogens with zero attached hydrogens (tertiary/aromatic N) is 3. The van der Waals surface area contributed by atoms with E-state index >= 15 is 0 Å². The van der Waals surface area contributed by atoms with Gasteiger partial charge < -0.3 is 15.7 Å². The standard InChI is InChI=1S/C11H17N5O3/c1-7(8-2-3-8)13-11(19)12-4-9-5-16(15-14-9)6-10(17)18/h5,7-8H,2-4,6H2,1H3,(H,17,18)(H2,12,13,19). The maximum absolute atomic E-state index is 11.6. The van der Waals surface area contributed by atoms with Gasteiger partial charge in [0.1, 0.15) is 12.2 Å². The first kappa shape index (κ1) is 13.3. The van der Waals surface area contributed by atoms with E-state index in [4.69, 9.17) is 5.11 Å². The van der Waals surface area contributed by atoms with Crippen LogP contribution in [-0.4, -0.2) is 38.1 Å². The van der Waals surface area contributed by atoms with Gasteiger partial charge in [-0.2, -0.15) is 0 Å². The quantitative estimate of drug-likeness (QED) is 0.670. The summed E-state index contributed by atoms with van der Waals surface area (Å²) in [5, 5.41) is 21.5. The summed E-state index contributed by atoms with van der Waals surface area (Å²) in [5.41, 5.74) is 0.524. The number of hydrogen-bond donors (Lipinski definition) is 3. The monoisotopic (exact) mass is 267 g/mol. The number of urea groups is 1. The van der Waals surface area contributed by atoms with Crippen LogP contribution in [0.15, 0.2) is 6.20 Å². The maximum atomic E-state index is 11.6. The van der Waals surface area contributed by atoms with Crippen LogP contribution in [0.3, 0.4) is 0 Å². The van der Waals surface area contributed by atoms with Crippen LogP contribution in [0.2, 0.25) is 0 Å². The molecule has 8 nitrogen and oxygen atoms in total. The smallest absolute Gasteiger partial charge is 0.325 e. The molecule has 1 heterocycles. The SMILES string of the molecule is CC(NC(=O)NCc1cn(CC(=O)O)nn1)C1CC1. The molecule has 1 atom stereocenters. The molecule has 2 amide bonds. The van der Waals surface area contributed by atoms with Crippen LogP contribution in [0.4, 0.5) is 4.79 Å². The first-order chi connectivity index (χ1) is 9.04. The highest BCUT2D eigenvalue weighted by Crippen LogP contribution is 2.32. The Morgan fingerprint density at radius 1 is 1.58 bits per heavy atom. The molecule has 1 unspecified atom stereocenters. The molecule has 3 N–H and O–H groups in total. The molecule has 0 bridgehead atoms. The lowest BCUT2D eigenvalue weighted by molar-refractivity contribution is -0.137. The molecule has 0 radical (unpaired) electrons. The summed E-state index contributed by atoms with van der Waals surface area (Å²) in [6.07, 6.45) is 3.84. The molecule has 1 saturated carbocycles. The minimum atomic E-state index is -0.986. The van der Waals surface area contributed by atoms with Gasteiger partial charge in [0, 0.05) is 6.04 Å². The average Bonchev–Trinajstić information content (AvgIpc) is 3.09. The Labute approximate surface area is 110 Å². The van der Waals surface area contributed by atoms with Gasteiger partial charge in [0.2, 0.25) is 0 Å². The van der Waals surface area contributed by atoms with Crippen LogP contribution in [0.5, 0.6) is 0 Å². The van der Waals surface area contributed by atoms with Crippen LogP contribution in [0, 0.1) is 5.92 Å². The van der Waals surface area contributed by atoms with Crippen molar-refractivity contribution < 1.29 is 14.7 Å². The van der Waals surface area contributed by atoms with Crippen molar-refractivity contribution in [1.29, 1.82) is 0 Å². The molecule has 0 aromatic carbocycles. The minimum Gasteiger partial charge on any atom is -0.480 e. The first-order valence-electron chi connectivity index (χ1n) is 6.20. The Hall–Kier alpha value is -2.12. The van der Waals surface area contributed by atoms with Crippen LogP contribution in [0.1, 0.15) is 25.5 Å². The van der Waals surface area contributed by atoms with Crippen molar-refractivity contribution in [1.82, 2.24) is 25.6 Å². The summed E-state index contributed by atoms with van der Waals surface area (Å²) in [6.45, 7) is 1.97. The molecule has 1 fully saturated rings. The van der Waals surface area contributed by atoms with Gasteiger partial charge in [-0.15, -0.1) is 5.10 Å². The van der Waals surface area contributed by atoms with Gasteiger partial charge in [0.15, 0.2) is 0 Å². The number of carbonyl (C=O) groups excluding carboxylic acids is 1. The molecule has 1 aliphatic rings. The van der Waals surface area contributed by atoms with Crippen molar-refractivity contribution in [3.8, 4) is 0 Å². The van der Waals surface area contributed by atoms with Crippen LogP contribution >= 0.6 is 0 Å². The molecule has 0 aliphatic heterocycles. The average molecular weight is 267 g/mol. The number of carboxylic acid groups (broad SMARTS) is 1. The number of amides is 2. The van der Waals surface area contributed by atoms with Crippen molar-refractivity contribution in [3.05, 3.63) is 11.9 Å². The Bertz CT molecular complexity index is 469. The molecule has 1 aromatic rings. The third-order valence-corrected chi connectivity index (χ3v) is 3.00. The number of aromatic nitrogens is 3. The second-order valence-corrected chi connectivity index (χ2v) is 4.75. The fourth-order valence-corrected chi connectivity index (χ4v) is 1.78. The van der Waals surface area contributed by atoms with Crippen molar-refractivity contribution in [2.45, 2.75) is 38.9 Å². The van der Waals surface area contributed by atoms with E-state index in [0.29, 0.717) is 11.6 Å². The lowest BCUT2D eigenvalue weighted by Crippen LogP contribution is -2.41. The minimum absolute atomic E-state index is 0.183. The highest BCUT2D eigenvalue weighted by molar-refractivity contribution is 5.74. The predicted octanol–water partition coefficient (Wildman–Crippen LogP) is -0.0396. The number of nitrogens with one attached hydrogen (secondary N) is 2. The normalized spacial score (nSPS) is 15.8. The summed E-state index contributed by atoms with van der Waals surface area (Å²) in [6, 6.07) is -0.0603. The zero-order chi connectivity index (χ0) is 13.8. The molecule has 104 valence electrons. The highest BCUT2D eigenvalue weighted by atomic mass is 16.4. The van der Waals surface area contributed by atoms with E-state index in [1.807, 2.05) is 6.92 Å². The number of carboxylic acids is 1. The topological polar surface area (TPSA) is 109 Å². The molecular weight excluding hydrogens is 250 g/mol. The zero-order valence-corrected chi connectivity index (χ0v) is 10.7. The van der Waals surface area contributed by atoms with Gasteiger partial charge in [-0.1, -0.05) is 5.21 Å². The van der Waals surface area contributed by atoms with Crippen LogP contribution in [-0.2, 0) is 17.9 Å². The summed E-state index contributed by atoms with van der Waals surface area (Å²) >= 11 is 0. The zero-order valence-electron chi connectivity index (χ0n) is 10.7.